The Morgan fingerprint density at radius 2 is 2.71 bits per heavy atom. The van der Waals surface area contributed by atoms with Crippen LogP contribution < -0.4 is 5.32 Å². The summed E-state index contributed by atoms with van der Waals surface area (Å²) in [4.78, 5) is 0. The van der Waals surface area contributed by atoms with Crippen LogP contribution in [0.5, 0.6) is 0 Å². The summed E-state index contributed by atoms with van der Waals surface area (Å²) >= 11 is 0. The number of aromatic amines is 1. The minimum Gasteiger partial charge on any atom is -0.372 e. The molecule has 0 saturated carbocycles. The van der Waals surface area contributed by atoms with Crippen LogP contribution in [0.25, 0.3) is 0 Å². The standard InChI is InChI=1S/C3H5N4/c1-4-3-2-5-7-6-3/h1H3,(H2,4,5,6,7). The number of hydrogen-bond acceptors (Lipinski definition) is 3. The molecule has 1 rings (SSSR count). The van der Waals surface area contributed by atoms with E-state index in [4.69, 9.17) is 0 Å². The van der Waals surface area contributed by atoms with Gasteiger partial charge in [-0.1, -0.05) is 5.21 Å². The van der Waals surface area contributed by atoms with Gasteiger partial charge in [-0.2, -0.15) is 0 Å². The fraction of sp³-hybridized carbons (Fsp3) is 0.333. The van der Waals surface area contributed by atoms with Gasteiger partial charge in [-0.25, -0.2) is 5.10 Å². The summed E-state index contributed by atoms with van der Waals surface area (Å²) in [6.45, 7) is 0. The number of H-pyrrole nitrogens is 1. The van der Waals surface area contributed by atoms with Crippen LogP contribution in [0.15, 0.2) is 0 Å². The second-order valence-electron chi connectivity index (χ2n) is 1.05. The number of aromatic nitrogens is 3. The van der Waals surface area contributed by atoms with Crippen molar-refractivity contribution < 1.29 is 0 Å². The summed E-state index contributed by atoms with van der Waals surface area (Å²) in [5.74, 6) is 0.708. The molecule has 1 aromatic rings. The van der Waals surface area contributed by atoms with Crippen LogP contribution in [0, 0.1) is 6.20 Å². The van der Waals surface area contributed by atoms with Gasteiger partial charge < -0.3 is 5.32 Å². The molecular formula is C3H5N4. The molecule has 0 saturated heterocycles. The van der Waals surface area contributed by atoms with Crippen LogP contribution in [0.4, 0.5) is 5.82 Å². The first-order valence-electron chi connectivity index (χ1n) is 1.90. The summed E-state index contributed by atoms with van der Waals surface area (Å²) in [6, 6.07) is 0. The van der Waals surface area contributed by atoms with Gasteiger partial charge in [0.1, 0.15) is 0 Å². The average molecular weight is 97.1 g/mol. The number of nitrogens with one attached hydrogen (secondary N) is 2. The van der Waals surface area contributed by atoms with Crippen LogP contribution in [-0.4, -0.2) is 22.5 Å². The number of anilines is 1. The van der Waals surface area contributed by atoms with E-state index in [1.54, 1.807) is 7.05 Å². The van der Waals surface area contributed by atoms with Gasteiger partial charge in [-0.3, -0.25) is 0 Å². The van der Waals surface area contributed by atoms with Crippen molar-refractivity contribution in [1.29, 1.82) is 0 Å². The molecule has 1 aromatic heterocycles. The maximum absolute atomic E-state index is 3.40. The predicted octanol–water partition coefficient (Wildman–Crippen LogP) is -0.353. The van der Waals surface area contributed by atoms with Gasteiger partial charge in [0.2, 0.25) is 0 Å². The highest BCUT2D eigenvalue weighted by Crippen LogP contribution is 1.88. The smallest absolute Gasteiger partial charge is 0.160 e. The van der Waals surface area contributed by atoms with E-state index in [1.807, 2.05) is 0 Å². The van der Waals surface area contributed by atoms with Crippen molar-refractivity contribution in [3.63, 3.8) is 0 Å². The molecule has 1 heterocycles. The molecule has 37 valence electrons. The van der Waals surface area contributed by atoms with E-state index in [0.29, 0.717) is 5.82 Å². The molecule has 0 fully saturated rings. The highest BCUT2D eigenvalue weighted by molar-refractivity contribution is 5.25. The van der Waals surface area contributed by atoms with E-state index in [1.165, 1.54) is 0 Å². The SMILES string of the molecule is CNc1[c]nn[nH]1. The summed E-state index contributed by atoms with van der Waals surface area (Å²) in [5.41, 5.74) is 0. The van der Waals surface area contributed by atoms with Gasteiger partial charge in [-0.05, 0) is 0 Å². The maximum atomic E-state index is 3.40. The molecule has 0 aliphatic carbocycles. The van der Waals surface area contributed by atoms with Crippen LogP contribution in [0.2, 0.25) is 0 Å². The summed E-state index contributed by atoms with van der Waals surface area (Å²) in [7, 11) is 1.77. The largest absolute Gasteiger partial charge is 0.372 e. The van der Waals surface area contributed by atoms with E-state index in [9.17, 15) is 0 Å². The molecule has 0 unspecified atom stereocenters. The number of nitrogens with zero attached hydrogens (tertiary/aromatic N) is 2. The lowest BCUT2D eigenvalue weighted by atomic mass is 10.8. The Hall–Kier alpha value is -1.06. The van der Waals surface area contributed by atoms with E-state index in [0.717, 1.165) is 0 Å². The lowest BCUT2D eigenvalue weighted by molar-refractivity contribution is 0.939. The third-order valence-electron chi connectivity index (χ3n) is 0.624. The van der Waals surface area contributed by atoms with Crippen LogP contribution >= 0.6 is 0 Å². The van der Waals surface area contributed by atoms with Gasteiger partial charge in [0.15, 0.2) is 12.0 Å². The van der Waals surface area contributed by atoms with E-state index < -0.39 is 0 Å². The molecule has 4 nitrogen and oxygen atoms in total. The van der Waals surface area contributed by atoms with E-state index in [-0.39, 0.29) is 0 Å². The second-order valence-corrected chi connectivity index (χ2v) is 1.05. The lowest BCUT2D eigenvalue weighted by Crippen LogP contribution is -1.86. The van der Waals surface area contributed by atoms with Gasteiger partial charge in [0.05, 0.1) is 0 Å². The topological polar surface area (TPSA) is 53.6 Å². The molecule has 0 amide bonds. The van der Waals surface area contributed by atoms with Crippen LogP contribution in [0.3, 0.4) is 0 Å². The zero-order chi connectivity index (χ0) is 5.11. The lowest BCUT2D eigenvalue weighted by Gasteiger charge is -1.83. The maximum Gasteiger partial charge on any atom is 0.160 e. The molecule has 0 bridgehead atoms. The highest BCUT2D eigenvalue weighted by Gasteiger charge is 1.83. The summed E-state index contributed by atoms with van der Waals surface area (Å²) in [6.07, 6.45) is 2.56. The molecule has 4 heteroatoms. The number of hydrogen-bond donors (Lipinski definition) is 2. The van der Waals surface area contributed by atoms with Crippen LogP contribution in [0.1, 0.15) is 0 Å². The monoisotopic (exact) mass is 97.1 g/mol. The summed E-state index contributed by atoms with van der Waals surface area (Å²) in [5, 5.41) is 12.1. The van der Waals surface area contributed by atoms with Crippen molar-refractivity contribution in [1.82, 2.24) is 15.4 Å². The second kappa shape index (κ2) is 1.59. The molecule has 0 spiro atoms. The van der Waals surface area contributed by atoms with Crippen molar-refractivity contribution in [2.45, 2.75) is 0 Å². The fourth-order valence-corrected chi connectivity index (χ4v) is 0.287. The molecule has 0 atom stereocenters. The van der Waals surface area contributed by atoms with Crippen molar-refractivity contribution in [2.24, 2.45) is 0 Å². The Bertz CT molecular complexity index is 121. The molecule has 0 aliphatic rings. The Morgan fingerprint density at radius 1 is 1.86 bits per heavy atom. The Balaban J connectivity index is 2.76. The first-order chi connectivity index (χ1) is 3.43. The van der Waals surface area contributed by atoms with Crippen molar-refractivity contribution >= 4 is 5.82 Å². The Labute approximate surface area is 40.9 Å². The molecule has 0 aliphatic heterocycles. The quantitative estimate of drug-likeness (QED) is 0.503. The van der Waals surface area contributed by atoms with Crippen LogP contribution in [-0.2, 0) is 0 Å². The van der Waals surface area contributed by atoms with Gasteiger partial charge in [0.25, 0.3) is 0 Å². The first-order valence-corrected chi connectivity index (χ1v) is 1.90. The highest BCUT2D eigenvalue weighted by atomic mass is 15.3. The zero-order valence-electron chi connectivity index (χ0n) is 3.89. The van der Waals surface area contributed by atoms with Crippen molar-refractivity contribution in [3.8, 4) is 0 Å². The fourth-order valence-electron chi connectivity index (χ4n) is 0.287. The Kier molecular flexibility index (Phi) is 0.934. The minimum atomic E-state index is 0.708. The third-order valence-corrected chi connectivity index (χ3v) is 0.624. The zero-order valence-corrected chi connectivity index (χ0v) is 3.89. The third kappa shape index (κ3) is 0.677. The average Bonchev–Trinajstić information content (AvgIpc) is 2.14. The molecular weight excluding hydrogens is 92.1 g/mol. The first kappa shape index (κ1) is 4.11. The van der Waals surface area contributed by atoms with Gasteiger partial charge in [-0.15, -0.1) is 5.10 Å². The predicted molar refractivity (Wildman–Crippen MR) is 24.8 cm³/mol. The Morgan fingerprint density at radius 3 is 3.00 bits per heavy atom. The van der Waals surface area contributed by atoms with Gasteiger partial charge in [0, 0.05) is 7.05 Å². The van der Waals surface area contributed by atoms with Gasteiger partial charge >= 0.3 is 0 Å². The van der Waals surface area contributed by atoms with E-state index >= 15 is 0 Å². The normalized spacial score (nSPS) is 8.71. The van der Waals surface area contributed by atoms with E-state index in [2.05, 4.69) is 26.9 Å². The van der Waals surface area contributed by atoms with Crippen molar-refractivity contribution in [2.75, 3.05) is 12.4 Å². The molecule has 2 N–H and O–H groups in total. The minimum absolute atomic E-state index is 0.708. The number of rotatable bonds is 1. The summed E-state index contributed by atoms with van der Waals surface area (Å²) < 4.78 is 0. The molecule has 1 radical (unpaired) electrons. The molecule has 0 aromatic carbocycles. The van der Waals surface area contributed by atoms with Crippen molar-refractivity contribution in [3.05, 3.63) is 6.20 Å². The molecule has 7 heavy (non-hydrogen) atoms.